The quantitative estimate of drug-likeness (QED) is 0.388. The number of aliphatic imine (C=N–C) groups is 1. The minimum Gasteiger partial charge on any atom is -0.479 e. The number of methoxy groups -OCH3 is 1. The molecule has 0 atom stereocenters. The molecule has 0 N–H and O–H groups in total. The van der Waals surface area contributed by atoms with Crippen LogP contribution in [0, 0.1) is 5.92 Å². The van der Waals surface area contributed by atoms with Crippen LogP contribution in [-0.4, -0.2) is 43.5 Å². The van der Waals surface area contributed by atoms with Crippen molar-refractivity contribution in [3.63, 3.8) is 0 Å². The van der Waals surface area contributed by atoms with Crippen molar-refractivity contribution >= 4 is 23.6 Å². The monoisotopic (exact) mass is 327 g/mol. The van der Waals surface area contributed by atoms with Gasteiger partial charge in [-0.25, -0.2) is 4.99 Å². The molecule has 0 aliphatic rings. The zero-order valence-electron chi connectivity index (χ0n) is 14.1. The highest BCUT2D eigenvalue weighted by molar-refractivity contribution is 6.32. The number of aromatic nitrogens is 1. The number of nitrogens with zero attached hydrogens (tertiary/aromatic N) is 3. The Kier molecular flexibility index (Phi) is 8.02. The molecule has 6 heteroatoms. The molecule has 0 fully saturated rings. The number of ether oxygens (including phenoxy) is 2. The highest BCUT2D eigenvalue weighted by Crippen LogP contribution is 2.34. The van der Waals surface area contributed by atoms with Crippen molar-refractivity contribution < 1.29 is 9.47 Å². The summed E-state index contributed by atoms with van der Waals surface area (Å²) in [6.07, 6.45) is 3.80. The minimum absolute atomic E-state index is 0.394. The molecule has 0 unspecified atom stereocenters. The molecule has 0 aliphatic heterocycles. The number of hydrogen-bond donors (Lipinski definition) is 0. The predicted octanol–water partition coefficient (Wildman–Crippen LogP) is 4.17. The Labute approximate surface area is 138 Å². The molecule has 0 bridgehead atoms. The van der Waals surface area contributed by atoms with Crippen molar-refractivity contribution in [1.29, 1.82) is 0 Å². The molecule has 1 rings (SSSR count). The molecule has 0 spiro atoms. The van der Waals surface area contributed by atoms with E-state index in [1.54, 1.807) is 19.5 Å². The van der Waals surface area contributed by atoms with E-state index in [9.17, 15) is 0 Å². The molecule has 124 valence electrons. The van der Waals surface area contributed by atoms with E-state index in [-0.39, 0.29) is 0 Å². The van der Waals surface area contributed by atoms with Crippen LogP contribution in [0.2, 0.25) is 5.02 Å². The van der Waals surface area contributed by atoms with Crippen molar-refractivity contribution in [3.8, 4) is 11.8 Å². The van der Waals surface area contributed by atoms with Gasteiger partial charge in [-0.1, -0.05) is 25.4 Å². The van der Waals surface area contributed by atoms with E-state index < -0.39 is 0 Å². The summed E-state index contributed by atoms with van der Waals surface area (Å²) in [6, 6.07) is 1.71. The topological polar surface area (TPSA) is 47.0 Å². The molecule has 0 saturated heterocycles. The summed E-state index contributed by atoms with van der Waals surface area (Å²) >= 11 is 6.22. The lowest BCUT2D eigenvalue weighted by molar-refractivity contribution is 0.282. The van der Waals surface area contributed by atoms with Gasteiger partial charge >= 0.3 is 0 Å². The van der Waals surface area contributed by atoms with Gasteiger partial charge in [0, 0.05) is 13.6 Å². The summed E-state index contributed by atoms with van der Waals surface area (Å²) in [5.74, 6) is 1.46. The maximum absolute atomic E-state index is 6.22. The first-order chi connectivity index (χ1) is 10.5. The van der Waals surface area contributed by atoms with Crippen LogP contribution in [-0.2, 0) is 0 Å². The first-order valence-corrected chi connectivity index (χ1v) is 7.97. The van der Waals surface area contributed by atoms with Crippen LogP contribution in [0.5, 0.6) is 11.8 Å². The van der Waals surface area contributed by atoms with E-state index >= 15 is 0 Å². The van der Waals surface area contributed by atoms with Gasteiger partial charge in [0.25, 0.3) is 0 Å². The molecule has 0 aliphatic carbocycles. The van der Waals surface area contributed by atoms with Gasteiger partial charge in [-0.15, -0.1) is 0 Å². The zero-order chi connectivity index (χ0) is 16.5. The fraction of sp³-hybridized carbons (Fsp3) is 0.625. The molecule has 22 heavy (non-hydrogen) atoms. The molecule has 0 amide bonds. The Hall–Kier alpha value is -1.49. The highest BCUT2D eigenvalue weighted by atomic mass is 35.5. The maximum Gasteiger partial charge on any atom is 0.243 e. The summed E-state index contributed by atoms with van der Waals surface area (Å²) in [7, 11) is 3.50. The second-order valence-electron chi connectivity index (χ2n) is 5.51. The molecule has 1 heterocycles. The summed E-state index contributed by atoms with van der Waals surface area (Å²) < 4.78 is 10.9. The van der Waals surface area contributed by atoms with Crippen molar-refractivity contribution in [1.82, 2.24) is 9.88 Å². The fourth-order valence-corrected chi connectivity index (χ4v) is 1.89. The Morgan fingerprint density at radius 2 is 2.14 bits per heavy atom. The standard InChI is InChI=1S/C16H26ClN3O2/c1-6-20(4)11-18-14-10-13(17)15(19-16(14)21-5)22-9-7-8-12(2)3/h10-12H,6-9H2,1-5H3/b18-11+. The van der Waals surface area contributed by atoms with Crippen LogP contribution in [0.15, 0.2) is 11.1 Å². The van der Waals surface area contributed by atoms with E-state index in [0.29, 0.717) is 35.0 Å². The molecular formula is C16H26ClN3O2. The second-order valence-corrected chi connectivity index (χ2v) is 5.91. The van der Waals surface area contributed by atoms with Crippen molar-refractivity contribution in [2.45, 2.75) is 33.6 Å². The predicted molar refractivity (Wildman–Crippen MR) is 91.8 cm³/mol. The summed E-state index contributed by atoms with van der Waals surface area (Å²) in [5.41, 5.74) is 0.585. The van der Waals surface area contributed by atoms with Gasteiger partial charge in [0.05, 0.1) is 20.1 Å². The van der Waals surface area contributed by atoms with Gasteiger partial charge in [-0.2, -0.15) is 4.98 Å². The number of halogens is 1. The van der Waals surface area contributed by atoms with Crippen molar-refractivity contribution in [2.75, 3.05) is 27.3 Å². The molecule has 5 nitrogen and oxygen atoms in total. The van der Waals surface area contributed by atoms with Crippen LogP contribution in [0.1, 0.15) is 33.6 Å². The van der Waals surface area contributed by atoms with Gasteiger partial charge in [-0.3, -0.25) is 0 Å². The first-order valence-electron chi connectivity index (χ1n) is 7.59. The summed E-state index contributed by atoms with van der Waals surface area (Å²) in [5, 5.41) is 0.441. The van der Waals surface area contributed by atoms with Crippen LogP contribution in [0.4, 0.5) is 5.69 Å². The normalized spacial score (nSPS) is 11.2. The van der Waals surface area contributed by atoms with Crippen LogP contribution >= 0.6 is 11.6 Å². The molecule has 0 radical (unpaired) electrons. The van der Waals surface area contributed by atoms with Gasteiger partial charge in [0.2, 0.25) is 11.8 Å². The maximum atomic E-state index is 6.22. The molecule has 0 aromatic carbocycles. The number of pyridine rings is 1. The Bertz CT molecular complexity index is 493. The Morgan fingerprint density at radius 3 is 2.73 bits per heavy atom. The summed E-state index contributed by atoms with van der Waals surface area (Å²) in [4.78, 5) is 10.6. The lowest BCUT2D eigenvalue weighted by Crippen LogP contribution is -2.14. The number of rotatable bonds is 9. The van der Waals surface area contributed by atoms with Gasteiger partial charge in [-0.05, 0) is 31.7 Å². The van der Waals surface area contributed by atoms with Gasteiger partial charge < -0.3 is 14.4 Å². The van der Waals surface area contributed by atoms with Crippen LogP contribution < -0.4 is 9.47 Å². The third-order valence-electron chi connectivity index (χ3n) is 3.14. The van der Waals surface area contributed by atoms with Gasteiger partial charge in [0.1, 0.15) is 10.7 Å². The second kappa shape index (κ2) is 9.51. The first kappa shape index (κ1) is 18.6. The lowest BCUT2D eigenvalue weighted by atomic mass is 10.1. The fourth-order valence-electron chi connectivity index (χ4n) is 1.69. The average molecular weight is 328 g/mol. The van der Waals surface area contributed by atoms with Crippen LogP contribution in [0.3, 0.4) is 0 Å². The molecule has 1 aromatic rings. The van der Waals surface area contributed by atoms with E-state index in [1.165, 1.54) is 0 Å². The minimum atomic E-state index is 0.394. The molecule has 0 saturated carbocycles. The largest absolute Gasteiger partial charge is 0.479 e. The zero-order valence-corrected chi connectivity index (χ0v) is 14.9. The lowest BCUT2D eigenvalue weighted by Gasteiger charge is -2.12. The van der Waals surface area contributed by atoms with Crippen molar-refractivity contribution in [2.24, 2.45) is 10.9 Å². The smallest absolute Gasteiger partial charge is 0.243 e. The third-order valence-corrected chi connectivity index (χ3v) is 3.41. The Morgan fingerprint density at radius 1 is 1.41 bits per heavy atom. The van der Waals surface area contributed by atoms with E-state index in [0.717, 1.165) is 19.4 Å². The van der Waals surface area contributed by atoms with Gasteiger partial charge in [0.15, 0.2) is 0 Å². The highest BCUT2D eigenvalue weighted by Gasteiger charge is 2.12. The molecule has 1 aromatic heterocycles. The average Bonchev–Trinajstić information content (AvgIpc) is 2.50. The van der Waals surface area contributed by atoms with Crippen molar-refractivity contribution in [3.05, 3.63) is 11.1 Å². The Balaban J connectivity index is 2.79. The van der Waals surface area contributed by atoms with E-state index in [1.807, 2.05) is 18.9 Å². The molecular weight excluding hydrogens is 302 g/mol. The summed E-state index contributed by atoms with van der Waals surface area (Å²) in [6.45, 7) is 7.88. The number of hydrogen-bond acceptors (Lipinski definition) is 4. The SMILES string of the molecule is CCN(C)/C=N/c1cc(Cl)c(OCCCC(C)C)nc1OC. The van der Waals surface area contributed by atoms with E-state index in [4.69, 9.17) is 21.1 Å². The third kappa shape index (κ3) is 6.10. The van der Waals surface area contributed by atoms with Crippen LogP contribution in [0.25, 0.3) is 0 Å². The van der Waals surface area contributed by atoms with E-state index in [2.05, 4.69) is 23.8 Å².